The summed E-state index contributed by atoms with van der Waals surface area (Å²) in [5.74, 6) is 0.0961. The lowest BCUT2D eigenvalue weighted by Crippen LogP contribution is -2.16. The topological polar surface area (TPSA) is 71.1 Å². The molecule has 1 aromatic rings. The van der Waals surface area contributed by atoms with Crippen LogP contribution in [0.5, 0.6) is 11.5 Å². The van der Waals surface area contributed by atoms with E-state index in [-0.39, 0.29) is 13.2 Å². The van der Waals surface area contributed by atoms with Gasteiger partial charge in [0, 0.05) is 6.07 Å². The van der Waals surface area contributed by atoms with Crippen LogP contribution in [0, 0.1) is 6.92 Å². The first-order chi connectivity index (χ1) is 10.1. The second-order valence-electron chi connectivity index (χ2n) is 4.11. The number of benzene rings is 1. The van der Waals surface area contributed by atoms with E-state index in [0.29, 0.717) is 24.7 Å². The molecule has 0 saturated carbocycles. The molecule has 1 rings (SSSR count). The molecular weight excluding hydrogens is 276 g/mol. The zero-order valence-electron chi connectivity index (χ0n) is 12.5. The predicted octanol–water partition coefficient (Wildman–Crippen LogP) is 1.88. The monoisotopic (exact) mass is 296 g/mol. The average molecular weight is 296 g/mol. The zero-order chi connectivity index (χ0) is 15.7. The molecule has 0 saturated heterocycles. The van der Waals surface area contributed by atoms with E-state index in [1.807, 2.05) is 6.92 Å². The molecule has 21 heavy (non-hydrogen) atoms. The third-order valence-corrected chi connectivity index (χ3v) is 2.47. The predicted molar refractivity (Wildman–Crippen MR) is 75.4 cm³/mol. The molecule has 0 unspecified atom stereocenters. The molecule has 0 aliphatic carbocycles. The van der Waals surface area contributed by atoms with E-state index in [9.17, 15) is 9.59 Å². The number of aryl methyl sites for hydroxylation is 1. The van der Waals surface area contributed by atoms with Crippen LogP contribution in [0.25, 0.3) is 0 Å². The number of hydrogen-bond acceptors (Lipinski definition) is 6. The summed E-state index contributed by atoms with van der Waals surface area (Å²) >= 11 is 0. The van der Waals surface area contributed by atoms with Gasteiger partial charge in [0.1, 0.15) is 11.5 Å². The van der Waals surface area contributed by atoms with Crippen molar-refractivity contribution < 1.29 is 28.5 Å². The SMILES string of the molecule is CCOC(=O)COc1ccc(C)c(OCC(=O)OCC)c1. The van der Waals surface area contributed by atoms with E-state index in [0.717, 1.165) is 5.56 Å². The Labute approximate surface area is 123 Å². The second-order valence-corrected chi connectivity index (χ2v) is 4.11. The fourth-order valence-corrected chi connectivity index (χ4v) is 1.51. The Morgan fingerprint density at radius 1 is 0.952 bits per heavy atom. The van der Waals surface area contributed by atoms with Gasteiger partial charge in [-0.25, -0.2) is 9.59 Å². The number of ether oxygens (including phenoxy) is 4. The van der Waals surface area contributed by atoms with Crippen molar-refractivity contribution in [2.24, 2.45) is 0 Å². The van der Waals surface area contributed by atoms with Crippen LogP contribution in [0.15, 0.2) is 18.2 Å². The zero-order valence-corrected chi connectivity index (χ0v) is 12.5. The molecule has 0 amide bonds. The third kappa shape index (κ3) is 6.16. The highest BCUT2D eigenvalue weighted by Gasteiger charge is 2.08. The van der Waals surface area contributed by atoms with Gasteiger partial charge in [0.25, 0.3) is 0 Å². The van der Waals surface area contributed by atoms with Crippen LogP contribution in [0.1, 0.15) is 19.4 Å². The molecule has 116 valence electrons. The molecule has 0 bridgehead atoms. The van der Waals surface area contributed by atoms with E-state index in [2.05, 4.69) is 0 Å². The first-order valence-electron chi connectivity index (χ1n) is 6.74. The van der Waals surface area contributed by atoms with Gasteiger partial charge in [0.05, 0.1) is 13.2 Å². The standard InChI is InChI=1S/C15H20O6/c1-4-18-14(16)9-20-12-7-6-11(3)13(8-12)21-10-15(17)19-5-2/h6-8H,4-5,9-10H2,1-3H3. The van der Waals surface area contributed by atoms with Crippen LogP contribution in [0.2, 0.25) is 0 Å². The minimum atomic E-state index is -0.438. The van der Waals surface area contributed by atoms with Gasteiger partial charge < -0.3 is 18.9 Å². The lowest BCUT2D eigenvalue weighted by molar-refractivity contribution is -0.146. The molecule has 6 nitrogen and oxygen atoms in total. The van der Waals surface area contributed by atoms with Crippen molar-refractivity contribution in [2.75, 3.05) is 26.4 Å². The summed E-state index contributed by atoms with van der Waals surface area (Å²) in [5.41, 5.74) is 0.850. The Kier molecular flexibility index (Phi) is 7.08. The summed E-state index contributed by atoms with van der Waals surface area (Å²) in [6, 6.07) is 5.11. The van der Waals surface area contributed by atoms with Crippen molar-refractivity contribution in [1.82, 2.24) is 0 Å². The fourth-order valence-electron chi connectivity index (χ4n) is 1.51. The van der Waals surface area contributed by atoms with Crippen molar-refractivity contribution in [3.05, 3.63) is 23.8 Å². The quantitative estimate of drug-likeness (QED) is 0.682. The molecule has 1 aromatic carbocycles. The molecule has 0 N–H and O–H groups in total. The van der Waals surface area contributed by atoms with Gasteiger partial charge in [0.2, 0.25) is 0 Å². The van der Waals surface area contributed by atoms with Gasteiger partial charge in [-0.2, -0.15) is 0 Å². The van der Waals surface area contributed by atoms with Gasteiger partial charge >= 0.3 is 11.9 Å². The molecule has 0 radical (unpaired) electrons. The summed E-state index contributed by atoms with van der Waals surface area (Å²) in [5, 5.41) is 0. The van der Waals surface area contributed by atoms with Gasteiger partial charge in [-0.3, -0.25) is 0 Å². The highest BCUT2D eigenvalue weighted by Crippen LogP contribution is 2.24. The Hall–Kier alpha value is -2.24. The highest BCUT2D eigenvalue weighted by atomic mass is 16.6. The van der Waals surface area contributed by atoms with Crippen LogP contribution >= 0.6 is 0 Å². The molecule has 0 fully saturated rings. The second kappa shape index (κ2) is 8.84. The number of hydrogen-bond donors (Lipinski definition) is 0. The van der Waals surface area contributed by atoms with Crippen LogP contribution in [0.4, 0.5) is 0 Å². The Bertz CT molecular complexity index is 483. The molecule has 0 aliphatic rings. The largest absolute Gasteiger partial charge is 0.482 e. The van der Waals surface area contributed by atoms with Crippen LogP contribution in [0.3, 0.4) is 0 Å². The number of esters is 2. The van der Waals surface area contributed by atoms with Crippen LogP contribution < -0.4 is 9.47 Å². The maximum absolute atomic E-state index is 11.3. The maximum Gasteiger partial charge on any atom is 0.344 e. The van der Waals surface area contributed by atoms with Gasteiger partial charge in [0.15, 0.2) is 13.2 Å². The van der Waals surface area contributed by atoms with Crippen molar-refractivity contribution in [3.8, 4) is 11.5 Å². The molecule has 0 aromatic heterocycles. The average Bonchev–Trinajstić information content (AvgIpc) is 2.45. The lowest BCUT2D eigenvalue weighted by atomic mass is 10.2. The summed E-state index contributed by atoms with van der Waals surface area (Å²) in [4.78, 5) is 22.5. The van der Waals surface area contributed by atoms with Crippen molar-refractivity contribution in [1.29, 1.82) is 0 Å². The fraction of sp³-hybridized carbons (Fsp3) is 0.467. The lowest BCUT2D eigenvalue weighted by Gasteiger charge is -2.11. The van der Waals surface area contributed by atoms with E-state index < -0.39 is 11.9 Å². The minimum Gasteiger partial charge on any atom is -0.482 e. The highest BCUT2D eigenvalue weighted by molar-refractivity contribution is 5.71. The Balaban J connectivity index is 2.58. The molecule has 0 atom stereocenters. The number of carbonyl (C=O) groups excluding carboxylic acids is 2. The van der Waals surface area contributed by atoms with Crippen molar-refractivity contribution >= 4 is 11.9 Å². The minimum absolute atomic E-state index is 0.171. The summed E-state index contributed by atoms with van der Waals surface area (Å²) in [6.45, 7) is 5.58. The molecular formula is C15H20O6. The normalized spacial score (nSPS) is 9.86. The van der Waals surface area contributed by atoms with E-state index in [4.69, 9.17) is 18.9 Å². The maximum atomic E-state index is 11.3. The van der Waals surface area contributed by atoms with Crippen molar-refractivity contribution in [2.45, 2.75) is 20.8 Å². The summed E-state index contributed by atoms with van der Waals surface area (Å²) in [6.07, 6.45) is 0. The smallest absolute Gasteiger partial charge is 0.344 e. The molecule has 6 heteroatoms. The van der Waals surface area contributed by atoms with Gasteiger partial charge in [-0.1, -0.05) is 6.07 Å². The van der Waals surface area contributed by atoms with Crippen LogP contribution in [-0.2, 0) is 19.1 Å². The summed E-state index contributed by atoms with van der Waals surface area (Å²) < 4.78 is 20.2. The number of rotatable bonds is 8. The summed E-state index contributed by atoms with van der Waals surface area (Å²) in [7, 11) is 0. The third-order valence-electron chi connectivity index (χ3n) is 2.47. The Morgan fingerprint density at radius 3 is 2.10 bits per heavy atom. The van der Waals surface area contributed by atoms with Gasteiger partial charge in [-0.05, 0) is 32.4 Å². The van der Waals surface area contributed by atoms with Crippen molar-refractivity contribution in [3.63, 3.8) is 0 Å². The Morgan fingerprint density at radius 2 is 1.52 bits per heavy atom. The van der Waals surface area contributed by atoms with Gasteiger partial charge in [-0.15, -0.1) is 0 Å². The van der Waals surface area contributed by atoms with Crippen LogP contribution in [-0.4, -0.2) is 38.4 Å². The first kappa shape index (κ1) is 16.8. The number of carbonyl (C=O) groups is 2. The molecule has 0 heterocycles. The van der Waals surface area contributed by atoms with E-state index in [1.165, 1.54) is 0 Å². The van der Waals surface area contributed by atoms with E-state index >= 15 is 0 Å². The first-order valence-corrected chi connectivity index (χ1v) is 6.74. The molecule has 0 aliphatic heterocycles. The molecule has 0 spiro atoms. The van der Waals surface area contributed by atoms with E-state index in [1.54, 1.807) is 32.0 Å².